The molecular formula is C11H21CuMnNO2S2+2. The summed E-state index contributed by atoms with van der Waals surface area (Å²) in [5, 5.41) is 8.89. The molecule has 0 amide bonds. The molecule has 0 bridgehead atoms. The first kappa shape index (κ1) is 27.0. The summed E-state index contributed by atoms with van der Waals surface area (Å²) in [7, 11) is 0. The standard InChI is InChI=1S/C9H19NS2.C2H4O2.Cu.Mn/c1-3-5-7-10(9(11)12)8-6-4-2;1-2(3)4;;/h3-8H2,1-2H3,(H,11,12);1H3,(H,3,4);;/q;;2*+2/p-2. The second-order valence-electron chi connectivity index (χ2n) is 3.45. The summed E-state index contributed by atoms with van der Waals surface area (Å²) in [5.41, 5.74) is 0. The van der Waals surface area contributed by atoms with Gasteiger partial charge in [0, 0.05) is 19.1 Å². The van der Waals surface area contributed by atoms with Gasteiger partial charge in [-0.3, -0.25) is 0 Å². The first-order chi connectivity index (χ1) is 7.45. The van der Waals surface area contributed by atoms with Crippen LogP contribution in [-0.4, -0.2) is 28.3 Å². The van der Waals surface area contributed by atoms with E-state index in [-0.39, 0.29) is 34.1 Å². The van der Waals surface area contributed by atoms with E-state index in [2.05, 4.69) is 18.7 Å². The Bertz CT molecular complexity index is 197. The van der Waals surface area contributed by atoms with Crippen LogP contribution in [0.4, 0.5) is 0 Å². The molecule has 0 saturated heterocycles. The fraction of sp³-hybridized carbons (Fsp3) is 0.818. The normalized spacial score (nSPS) is 7.94. The van der Waals surface area contributed by atoms with Crippen molar-refractivity contribution >= 4 is 35.1 Å². The topological polar surface area (TPSA) is 43.4 Å². The maximum absolute atomic E-state index is 8.89. The van der Waals surface area contributed by atoms with Crippen LogP contribution in [0.15, 0.2) is 0 Å². The van der Waals surface area contributed by atoms with Crippen LogP contribution in [0.25, 0.3) is 0 Å². The zero-order valence-electron chi connectivity index (χ0n) is 11.0. The Labute approximate surface area is 143 Å². The Hall–Kier alpha value is 0.619. The first-order valence-electron chi connectivity index (χ1n) is 5.59. The van der Waals surface area contributed by atoms with Gasteiger partial charge in [0.15, 0.2) is 0 Å². The number of aliphatic carboxylic acids is 1. The number of carboxylic acid groups (broad SMARTS) is 1. The number of carboxylic acids is 1. The predicted molar refractivity (Wildman–Crippen MR) is 72.0 cm³/mol. The van der Waals surface area contributed by atoms with Crippen LogP contribution >= 0.6 is 12.2 Å². The van der Waals surface area contributed by atoms with Crippen molar-refractivity contribution in [3.63, 3.8) is 0 Å². The number of hydrogen-bond acceptors (Lipinski definition) is 4. The molecule has 0 heterocycles. The van der Waals surface area contributed by atoms with Crippen molar-refractivity contribution < 1.29 is 44.0 Å². The SMILES string of the molecule is CC(=O)[O-].CCCCN(CCCC)C(=S)[S-].[Cu+2].[Mn+2]. The summed E-state index contributed by atoms with van der Waals surface area (Å²) >= 11 is 9.97. The smallest absolute Gasteiger partial charge is 0.550 e. The molecule has 18 heavy (non-hydrogen) atoms. The van der Waals surface area contributed by atoms with Crippen molar-refractivity contribution in [1.82, 2.24) is 4.90 Å². The number of rotatable bonds is 6. The second kappa shape index (κ2) is 19.9. The molecule has 0 saturated carbocycles. The molecule has 0 aliphatic heterocycles. The summed E-state index contributed by atoms with van der Waals surface area (Å²) in [5.74, 6) is -1.08. The zero-order valence-corrected chi connectivity index (χ0v) is 14.8. The van der Waals surface area contributed by atoms with Crippen molar-refractivity contribution in [1.29, 1.82) is 0 Å². The van der Waals surface area contributed by atoms with E-state index in [0.29, 0.717) is 4.32 Å². The molecule has 0 aromatic rings. The maximum Gasteiger partial charge on any atom is 2.00 e. The molecule has 0 spiro atoms. The van der Waals surface area contributed by atoms with Crippen LogP contribution in [0.5, 0.6) is 0 Å². The average molecular weight is 382 g/mol. The molecule has 0 N–H and O–H groups in total. The zero-order chi connectivity index (χ0) is 13.0. The molecule has 7 heteroatoms. The summed E-state index contributed by atoms with van der Waals surface area (Å²) in [6.07, 6.45) is 4.81. The fourth-order valence-electron chi connectivity index (χ4n) is 0.992. The maximum atomic E-state index is 8.89. The van der Waals surface area contributed by atoms with Gasteiger partial charge in [-0.2, -0.15) is 0 Å². The van der Waals surface area contributed by atoms with Crippen molar-refractivity contribution in [2.45, 2.75) is 46.5 Å². The molecular weight excluding hydrogens is 361 g/mol. The number of unbranched alkanes of at least 4 members (excludes halogenated alkanes) is 2. The van der Waals surface area contributed by atoms with Gasteiger partial charge < -0.3 is 39.6 Å². The van der Waals surface area contributed by atoms with Crippen LogP contribution in [0.2, 0.25) is 0 Å². The third-order valence-corrected chi connectivity index (χ3v) is 2.34. The molecule has 0 fully saturated rings. The fourth-order valence-corrected chi connectivity index (χ4v) is 1.36. The minimum absolute atomic E-state index is 0. The van der Waals surface area contributed by atoms with Crippen molar-refractivity contribution in [2.75, 3.05) is 13.1 Å². The third kappa shape index (κ3) is 25.5. The van der Waals surface area contributed by atoms with Gasteiger partial charge in [0.05, 0.1) is 0 Å². The van der Waals surface area contributed by atoms with E-state index in [9.17, 15) is 0 Å². The largest absolute Gasteiger partial charge is 2.00 e. The van der Waals surface area contributed by atoms with Crippen LogP contribution in [-0.2, 0) is 51.6 Å². The molecule has 3 nitrogen and oxygen atoms in total. The summed E-state index contributed by atoms with van der Waals surface area (Å²) < 4.78 is 0.636. The van der Waals surface area contributed by atoms with E-state index in [1.807, 2.05) is 0 Å². The number of carbonyl (C=O) groups is 1. The van der Waals surface area contributed by atoms with Crippen molar-refractivity contribution in [2.24, 2.45) is 0 Å². The van der Waals surface area contributed by atoms with E-state index in [1.165, 1.54) is 25.7 Å². The van der Waals surface area contributed by atoms with Gasteiger partial charge >= 0.3 is 34.1 Å². The molecule has 0 aromatic heterocycles. The molecule has 0 rings (SSSR count). The van der Waals surface area contributed by atoms with Crippen molar-refractivity contribution in [3.8, 4) is 0 Å². The van der Waals surface area contributed by atoms with Crippen molar-refractivity contribution in [3.05, 3.63) is 0 Å². The van der Waals surface area contributed by atoms with Crippen LogP contribution < -0.4 is 5.11 Å². The van der Waals surface area contributed by atoms with E-state index < -0.39 is 5.97 Å². The first-order valence-corrected chi connectivity index (χ1v) is 6.40. The number of nitrogens with zero attached hydrogens (tertiary/aromatic N) is 1. The van der Waals surface area contributed by atoms with Crippen LogP contribution in [0.3, 0.4) is 0 Å². The average Bonchev–Trinajstić information content (AvgIpc) is 2.16. The minimum atomic E-state index is -1.08. The van der Waals surface area contributed by atoms with Gasteiger partial charge in [-0.15, -0.1) is 0 Å². The van der Waals surface area contributed by atoms with Gasteiger partial charge in [-0.05, 0) is 19.8 Å². The van der Waals surface area contributed by atoms with E-state index in [0.717, 1.165) is 20.0 Å². The Morgan fingerprint density at radius 2 is 1.50 bits per heavy atom. The Kier molecular flexibility index (Phi) is 30.0. The Morgan fingerprint density at radius 3 is 1.67 bits per heavy atom. The molecule has 0 aliphatic carbocycles. The molecule has 0 aromatic carbocycles. The van der Waals surface area contributed by atoms with Gasteiger partial charge in [0.25, 0.3) is 0 Å². The quantitative estimate of drug-likeness (QED) is 0.396. The summed E-state index contributed by atoms with van der Waals surface area (Å²) in [4.78, 5) is 11.0. The van der Waals surface area contributed by atoms with Gasteiger partial charge in [0.2, 0.25) is 0 Å². The molecule has 0 aliphatic rings. The van der Waals surface area contributed by atoms with Gasteiger partial charge in [0.1, 0.15) is 0 Å². The Morgan fingerprint density at radius 1 is 1.22 bits per heavy atom. The minimum Gasteiger partial charge on any atom is -0.550 e. The molecule has 0 unspecified atom stereocenters. The van der Waals surface area contributed by atoms with E-state index >= 15 is 0 Å². The monoisotopic (exact) mass is 381 g/mol. The van der Waals surface area contributed by atoms with Gasteiger partial charge in [-0.1, -0.05) is 31.0 Å². The summed E-state index contributed by atoms with van der Waals surface area (Å²) in [6.45, 7) is 7.42. The number of thiocarbonyl (C=S) groups is 1. The second-order valence-corrected chi connectivity index (χ2v) is 4.48. The number of hydrogen-bond donors (Lipinski definition) is 0. The van der Waals surface area contributed by atoms with Crippen LogP contribution in [0, 0.1) is 0 Å². The number of carbonyl (C=O) groups excluding carboxylic acids is 1. The van der Waals surface area contributed by atoms with E-state index in [4.69, 9.17) is 34.7 Å². The summed E-state index contributed by atoms with van der Waals surface area (Å²) in [6, 6.07) is 0. The van der Waals surface area contributed by atoms with Crippen LogP contribution in [0.1, 0.15) is 46.5 Å². The molecule has 0 atom stereocenters. The molecule has 110 valence electrons. The molecule has 2 radical (unpaired) electrons. The van der Waals surface area contributed by atoms with E-state index in [1.54, 1.807) is 0 Å². The third-order valence-electron chi connectivity index (χ3n) is 1.82. The predicted octanol–water partition coefficient (Wildman–Crippen LogP) is 1.47. The Balaban J connectivity index is -0.000000143. The van der Waals surface area contributed by atoms with Gasteiger partial charge in [-0.25, -0.2) is 0 Å².